The molecule has 5 nitrogen and oxygen atoms in total. The van der Waals surface area contributed by atoms with Gasteiger partial charge in [0.1, 0.15) is 5.03 Å². The van der Waals surface area contributed by atoms with Crippen molar-refractivity contribution in [2.45, 2.75) is 28.7 Å². The van der Waals surface area contributed by atoms with Gasteiger partial charge in [-0.1, -0.05) is 11.8 Å². The third-order valence-corrected chi connectivity index (χ3v) is 5.86. The third kappa shape index (κ3) is 3.25. The molecule has 1 fully saturated rings. The van der Waals surface area contributed by atoms with Gasteiger partial charge in [0.05, 0.1) is 15.7 Å². The summed E-state index contributed by atoms with van der Waals surface area (Å²) in [5.74, 6) is 1.53. The van der Waals surface area contributed by atoms with Crippen LogP contribution in [0.15, 0.2) is 58.0 Å². The molecule has 3 aromatic heterocycles. The van der Waals surface area contributed by atoms with Gasteiger partial charge >= 0.3 is 0 Å². The Bertz CT molecular complexity index is 1030. The molecule has 4 aromatic rings. The summed E-state index contributed by atoms with van der Waals surface area (Å²) in [7, 11) is 0. The highest BCUT2D eigenvalue weighted by Crippen LogP contribution is 2.39. The Labute approximate surface area is 152 Å². The smallest absolute Gasteiger partial charge is 0.152 e. The van der Waals surface area contributed by atoms with Crippen LogP contribution in [-0.2, 0) is 0 Å². The topological polar surface area (TPSA) is 66.5 Å². The highest BCUT2D eigenvalue weighted by molar-refractivity contribution is 7.99. The van der Waals surface area contributed by atoms with E-state index in [9.17, 15) is 0 Å². The van der Waals surface area contributed by atoms with Gasteiger partial charge < -0.3 is 5.32 Å². The molecule has 25 heavy (non-hydrogen) atoms. The van der Waals surface area contributed by atoms with Gasteiger partial charge in [0, 0.05) is 34.5 Å². The van der Waals surface area contributed by atoms with E-state index in [0.29, 0.717) is 5.92 Å². The molecule has 0 atom stereocenters. The Morgan fingerprint density at radius 1 is 1.12 bits per heavy atom. The minimum absolute atomic E-state index is 0.674. The van der Waals surface area contributed by atoms with Crippen molar-refractivity contribution >= 4 is 44.8 Å². The highest BCUT2D eigenvalue weighted by atomic mass is 32.2. The van der Waals surface area contributed by atoms with Crippen LogP contribution in [0.3, 0.4) is 0 Å². The van der Waals surface area contributed by atoms with Crippen molar-refractivity contribution in [3.05, 3.63) is 53.8 Å². The monoisotopic (exact) mass is 365 g/mol. The first-order chi connectivity index (χ1) is 12.3. The van der Waals surface area contributed by atoms with Gasteiger partial charge in [0.2, 0.25) is 0 Å². The molecule has 5 rings (SSSR count). The second-order valence-electron chi connectivity index (χ2n) is 6.07. The number of hydrogen-bond acceptors (Lipinski definition) is 6. The fraction of sp³-hybridized carbons (Fsp3) is 0.167. The number of pyridine rings is 1. The summed E-state index contributed by atoms with van der Waals surface area (Å²) in [6, 6.07) is 12.4. The van der Waals surface area contributed by atoms with E-state index in [-0.39, 0.29) is 0 Å². The van der Waals surface area contributed by atoms with Gasteiger partial charge in [-0.2, -0.15) is 5.10 Å². The lowest BCUT2D eigenvalue weighted by Gasteiger charge is -2.05. The number of nitrogens with one attached hydrogen (secondary N) is 2. The highest BCUT2D eigenvalue weighted by Gasteiger charge is 2.25. The SMILES string of the molecule is c1cc(Nc2cc(C3CC3)[nH]n2)cc(Sc2ccc3ncsc3c2)n1. The number of hydrogen-bond donors (Lipinski definition) is 2. The molecule has 1 aliphatic carbocycles. The number of thiazole rings is 1. The zero-order valence-corrected chi connectivity index (χ0v) is 14.9. The summed E-state index contributed by atoms with van der Waals surface area (Å²) in [5, 5.41) is 11.8. The minimum Gasteiger partial charge on any atom is -0.339 e. The number of H-pyrrole nitrogens is 1. The number of anilines is 2. The average molecular weight is 365 g/mol. The van der Waals surface area contributed by atoms with Crippen LogP contribution >= 0.6 is 23.1 Å². The maximum atomic E-state index is 4.47. The molecule has 0 bridgehead atoms. The first-order valence-electron chi connectivity index (χ1n) is 8.13. The molecule has 2 N–H and O–H groups in total. The molecule has 3 heterocycles. The Morgan fingerprint density at radius 3 is 3.00 bits per heavy atom. The van der Waals surface area contributed by atoms with Crippen LogP contribution in [0.25, 0.3) is 10.2 Å². The van der Waals surface area contributed by atoms with Crippen molar-refractivity contribution in [2.24, 2.45) is 0 Å². The van der Waals surface area contributed by atoms with Crippen molar-refractivity contribution in [3.8, 4) is 0 Å². The second-order valence-corrected chi connectivity index (χ2v) is 8.05. The van der Waals surface area contributed by atoms with E-state index >= 15 is 0 Å². The Morgan fingerprint density at radius 2 is 2.08 bits per heavy atom. The summed E-state index contributed by atoms with van der Waals surface area (Å²) >= 11 is 3.31. The second kappa shape index (κ2) is 6.16. The normalized spacial score (nSPS) is 14.1. The zero-order valence-electron chi connectivity index (χ0n) is 13.3. The van der Waals surface area contributed by atoms with Crippen molar-refractivity contribution in [3.63, 3.8) is 0 Å². The number of aromatic amines is 1. The lowest BCUT2D eigenvalue weighted by molar-refractivity contribution is 0.966. The number of rotatable bonds is 5. The molecule has 1 aliphatic rings. The molecular weight excluding hydrogens is 350 g/mol. The lowest BCUT2D eigenvalue weighted by Crippen LogP contribution is -1.91. The maximum Gasteiger partial charge on any atom is 0.152 e. The molecule has 1 saturated carbocycles. The van der Waals surface area contributed by atoms with Crippen LogP contribution in [0.5, 0.6) is 0 Å². The predicted molar refractivity (Wildman–Crippen MR) is 102 cm³/mol. The number of fused-ring (bicyclic) bond motifs is 1. The van der Waals surface area contributed by atoms with Gasteiger partial charge in [0.15, 0.2) is 5.82 Å². The standard InChI is InChI=1S/C18H15N5S2/c1-2-11(1)15-9-17(23-22-15)21-12-5-6-19-18(7-12)25-13-3-4-14-16(8-13)24-10-20-14/h3-11H,1-2H2,(H2,19,21,22,23). The fourth-order valence-corrected chi connectivity index (χ4v) is 4.36. The van der Waals surface area contributed by atoms with Gasteiger partial charge in [-0.3, -0.25) is 5.10 Å². The van der Waals surface area contributed by atoms with Gasteiger partial charge in [-0.15, -0.1) is 11.3 Å². The molecule has 1 aromatic carbocycles. The van der Waals surface area contributed by atoms with E-state index in [4.69, 9.17) is 0 Å². The molecule has 0 spiro atoms. The largest absolute Gasteiger partial charge is 0.339 e. The summed E-state index contributed by atoms with van der Waals surface area (Å²) < 4.78 is 1.20. The maximum absolute atomic E-state index is 4.47. The van der Waals surface area contributed by atoms with E-state index < -0.39 is 0 Å². The summed E-state index contributed by atoms with van der Waals surface area (Å²) in [6.45, 7) is 0. The molecule has 0 aliphatic heterocycles. The van der Waals surface area contributed by atoms with E-state index in [1.807, 2.05) is 23.8 Å². The Balaban J connectivity index is 1.34. The fourth-order valence-electron chi connectivity index (χ4n) is 2.71. The third-order valence-electron chi connectivity index (χ3n) is 4.15. The average Bonchev–Trinajstić information content (AvgIpc) is 3.18. The molecule has 0 amide bonds. The lowest BCUT2D eigenvalue weighted by atomic mass is 10.3. The van der Waals surface area contributed by atoms with Crippen molar-refractivity contribution in [2.75, 3.05) is 5.32 Å². The molecule has 124 valence electrons. The van der Waals surface area contributed by atoms with Crippen LogP contribution in [0.4, 0.5) is 11.5 Å². The van der Waals surface area contributed by atoms with Crippen LogP contribution in [-0.4, -0.2) is 20.2 Å². The number of benzene rings is 1. The molecule has 0 saturated heterocycles. The van der Waals surface area contributed by atoms with Crippen LogP contribution in [0.1, 0.15) is 24.5 Å². The molecule has 7 heteroatoms. The van der Waals surface area contributed by atoms with Gasteiger partial charge in [-0.05, 0) is 43.2 Å². The molecule has 0 radical (unpaired) electrons. The number of aromatic nitrogens is 4. The molecule has 0 unspecified atom stereocenters. The summed E-state index contributed by atoms with van der Waals surface area (Å²) in [4.78, 5) is 9.95. The van der Waals surface area contributed by atoms with E-state index in [1.54, 1.807) is 23.1 Å². The Hall–Kier alpha value is -2.38. The van der Waals surface area contributed by atoms with Gasteiger partial charge in [-0.25, -0.2) is 9.97 Å². The van der Waals surface area contributed by atoms with Crippen LogP contribution in [0, 0.1) is 0 Å². The minimum atomic E-state index is 0.674. The molecular formula is C18H15N5S2. The van der Waals surface area contributed by atoms with E-state index in [0.717, 1.165) is 26.9 Å². The Kier molecular flexibility index (Phi) is 3.68. The van der Waals surface area contributed by atoms with Crippen molar-refractivity contribution < 1.29 is 0 Å². The van der Waals surface area contributed by atoms with E-state index in [2.05, 4.69) is 49.7 Å². The van der Waals surface area contributed by atoms with Crippen LogP contribution in [0.2, 0.25) is 0 Å². The van der Waals surface area contributed by atoms with Gasteiger partial charge in [0.25, 0.3) is 0 Å². The summed E-state index contributed by atoms with van der Waals surface area (Å²) in [5.41, 5.74) is 5.14. The first-order valence-corrected chi connectivity index (χ1v) is 9.82. The predicted octanol–water partition coefficient (Wildman–Crippen LogP) is 5.19. The number of nitrogens with zero attached hydrogens (tertiary/aromatic N) is 3. The quantitative estimate of drug-likeness (QED) is 0.510. The van der Waals surface area contributed by atoms with E-state index in [1.165, 1.54) is 23.2 Å². The first kappa shape index (κ1) is 14.9. The zero-order chi connectivity index (χ0) is 16.6. The van der Waals surface area contributed by atoms with Crippen molar-refractivity contribution in [1.82, 2.24) is 20.2 Å². The summed E-state index contributed by atoms with van der Waals surface area (Å²) in [6.07, 6.45) is 4.36. The van der Waals surface area contributed by atoms with Crippen LogP contribution < -0.4 is 5.32 Å². The van der Waals surface area contributed by atoms with Crippen molar-refractivity contribution in [1.29, 1.82) is 0 Å².